The van der Waals surface area contributed by atoms with Gasteiger partial charge in [-0.25, -0.2) is 0 Å². The van der Waals surface area contributed by atoms with Crippen LogP contribution in [0, 0.1) is 5.41 Å². The molecule has 2 rings (SSSR count). The van der Waals surface area contributed by atoms with Gasteiger partial charge in [-0.1, -0.05) is 0 Å². The number of nitrogens with zero attached hydrogens (tertiary/aromatic N) is 2. The lowest BCUT2D eigenvalue weighted by molar-refractivity contribution is -0.0483. The lowest BCUT2D eigenvalue weighted by Gasteiger charge is -2.53. The highest BCUT2D eigenvalue weighted by Crippen LogP contribution is 2.37. The molecule has 16 heavy (non-hydrogen) atoms. The molecular weight excluding hydrogens is 200 g/mol. The van der Waals surface area contributed by atoms with E-state index in [4.69, 9.17) is 4.74 Å². The van der Waals surface area contributed by atoms with Gasteiger partial charge in [0.25, 0.3) is 0 Å². The summed E-state index contributed by atoms with van der Waals surface area (Å²) >= 11 is 0. The molecule has 3 nitrogen and oxygen atoms in total. The van der Waals surface area contributed by atoms with E-state index in [1.807, 2.05) is 0 Å². The van der Waals surface area contributed by atoms with Gasteiger partial charge in [-0.05, 0) is 40.3 Å². The lowest BCUT2D eigenvalue weighted by Crippen LogP contribution is -2.61. The Balaban J connectivity index is 1.71. The van der Waals surface area contributed by atoms with E-state index in [0.717, 1.165) is 13.2 Å². The first-order chi connectivity index (χ1) is 7.60. The molecule has 0 aromatic carbocycles. The Morgan fingerprint density at radius 3 is 2.62 bits per heavy atom. The van der Waals surface area contributed by atoms with Crippen molar-refractivity contribution in [1.29, 1.82) is 0 Å². The lowest BCUT2D eigenvalue weighted by atomic mass is 9.73. The molecule has 0 amide bonds. The summed E-state index contributed by atoms with van der Waals surface area (Å²) in [5.41, 5.74) is 0.630. The number of rotatable bonds is 4. The SMILES string of the molecule is CC(C)OCCN1CCCC2(CN(C)C2)C1. The van der Waals surface area contributed by atoms with Gasteiger partial charge in [0.2, 0.25) is 0 Å². The van der Waals surface area contributed by atoms with Crippen LogP contribution in [-0.4, -0.2) is 62.3 Å². The van der Waals surface area contributed by atoms with Gasteiger partial charge in [0.15, 0.2) is 0 Å². The van der Waals surface area contributed by atoms with Crippen molar-refractivity contribution in [2.45, 2.75) is 32.8 Å². The zero-order valence-corrected chi connectivity index (χ0v) is 11.0. The van der Waals surface area contributed by atoms with Gasteiger partial charge in [-0.3, -0.25) is 0 Å². The molecule has 94 valence electrons. The van der Waals surface area contributed by atoms with Crippen LogP contribution in [0.15, 0.2) is 0 Å². The smallest absolute Gasteiger partial charge is 0.0596 e. The summed E-state index contributed by atoms with van der Waals surface area (Å²) in [6, 6.07) is 0. The fraction of sp³-hybridized carbons (Fsp3) is 1.00. The predicted octanol–water partition coefficient (Wildman–Crippen LogP) is 1.44. The summed E-state index contributed by atoms with van der Waals surface area (Å²) in [5.74, 6) is 0. The fourth-order valence-electron chi connectivity index (χ4n) is 3.28. The maximum absolute atomic E-state index is 5.63. The first-order valence-corrected chi connectivity index (χ1v) is 6.62. The van der Waals surface area contributed by atoms with Crippen LogP contribution in [0.4, 0.5) is 0 Å². The van der Waals surface area contributed by atoms with Crippen molar-refractivity contribution < 1.29 is 4.74 Å². The van der Waals surface area contributed by atoms with Crippen molar-refractivity contribution in [3.05, 3.63) is 0 Å². The van der Waals surface area contributed by atoms with Crippen LogP contribution < -0.4 is 0 Å². The van der Waals surface area contributed by atoms with E-state index >= 15 is 0 Å². The molecule has 2 fully saturated rings. The quantitative estimate of drug-likeness (QED) is 0.721. The largest absolute Gasteiger partial charge is 0.377 e. The van der Waals surface area contributed by atoms with Crippen molar-refractivity contribution in [2.75, 3.05) is 46.4 Å². The summed E-state index contributed by atoms with van der Waals surface area (Å²) < 4.78 is 5.63. The van der Waals surface area contributed by atoms with Gasteiger partial charge in [0.1, 0.15) is 0 Å². The number of piperidine rings is 1. The first-order valence-electron chi connectivity index (χ1n) is 6.62. The van der Waals surface area contributed by atoms with Crippen LogP contribution in [0.25, 0.3) is 0 Å². The minimum absolute atomic E-state index is 0.369. The normalized spacial score (nSPS) is 26.2. The van der Waals surface area contributed by atoms with E-state index in [9.17, 15) is 0 Å². The Labute approximate surface area is 99.7 Å². The molecular formula is C13H26N2O. The monoisotopic (exact) mass is 226 g/mol. The highest BCUT2D eigenvalue weighted by Gasteiger charge is 2.43. The molecule has 0 radical (unpaired) electrons. The molecule has 1 spiro atoms. The summed E-state index contributed by atoms with van der Waals surface area (Å²) in [6.07, 6.45) is 3.17. The minimum atomic E-state index is 0.369. The molecule has 2 saturated heterocycles. The van der Waals surface area contributed by atoms with E-state index in [0.29, 0.717) is 11.5 Å². The third-order valence-electron chi connectivity index (χ3n) is 3.81. The number of ether oxygens (including phenoxy) is 1. The van der Waals surface area contributed by atoms with Gasteiger partial charge >= 0.3 is 0 Å². The van der Waals surface area contributed by atoms with Crippen molar-refractivity contribution in [3.63, 3.8) is 0 Å². The summed E-state index contributed by atoms with van der Waals surface area (Å²) in [5, 5.41) is 0. The molecule has 0 atom stereocenters. The summed E-state index contributed by atoms with van der Waals surface area (Å²) in [6.45, 7) is 11.4. The van der Waals surface area contributed by atoms with Crippen LogP contribution in [-0.2, 0) is 4.74 Å². The molecule has 0 aromatic rings. The van der Waals surface area contributed by atoms with Gasteiger partial charge in [0, 0.05) is 31.6 Å². The number of hydrogen-bond acceptors (Lipinski definition) is 3. The second-order valence-electron chi connectivity index (χ2n) is 5.97. The molecule has 0 saturated carbocycles. The molecule has 2 aliphatic heterocycles. The number of likely N-dealkylation sites (tertiary alicyclic amines) is 2. The second-order valence-corrected chi connectivity index (χ2v) is 5.97. The molecule has 0 aromatic heterocycles. The van der Waals surface area contributed by atoms with Crippen molar-refractivity contribution in [3.8, 4) is 0 Å². The van der Waals surface area contributed by atoms with Gasteiger partial charge in [-0.2, -0.15) is 0 Å². The first kappa shape index (κ1) is 12.3. The van der Waals surface area contributed by atoms with Gasteiger partial charge in [-0.15, -0.1) is 0 Å². The number of hydrogen-bond donors (Lipinski definition) is 0. The van der Waals surface area contributed by atoms with E-state index in [1.165, 1.54) is 39.0 Å². The maximum Gasteiger partial charge on any atom is 0.0596 e. The van der Waals surface area contributed by atoms with Crippen molar-refractivity contribution in [1.82, 2.24) is 9.80 Å². The van der Waals surface area contributed by atoms with E-state index < -0.39 is 0 Å². The van der Waals surface area contributed by atoms with E-state index in [1.54, 1.807) is 0 Å². The summed E-state index contributed by atoms with van der Waals surface area (Å²) in [7, 11) is 2.23. The van der Waals surface area contributed by atoms with Crippen LogP contribution in [0.5, 0.6) is 0 Å². The third kappa shape index (κ3) is 2.96. The van der Waals surface area contributed by atoms with Gasteiger partial charge in [0.05, 0.1) is 12.7 Å². The van der Waals surface area contributed by atoms with Crippen molar-refractivity contribution in [2.24, 2.45) is 5.41 Å². The molecule has 2 heterocycles. The Kier molecular flexibility index (Phi) is 3.88. The highest BCUT2D eigenvalue weighted by atomic mass is 16.5. The van der Waals surface area contributed by atoms with Crippen molar-refractivity contribution >= 4 is 0 Å². The fourth-order valence-corrected chi connectivity index (χ4v) is 3.28. The molecule has 0 aliphatic carbocycles. The molecule has 2 aliphatic rings. The van der Waals surface area contributed by atoms with Crippen LogP contribution >= 0.6 is 0 Å². The minimum Gasteiger partial charge on any atom is -0.377 e. The molecule has 0 unspecified atom stereocenters. The van der Waals surface area contributed by atoms with Crippen LogP contribution in [0.3, 0.4) is 0 Å². The zero-order chi connectivity index (χ0) is 11.6. The Bertz CT molecular complexity index is 218. The average molecular weight is 226 g/mol. The highest BCUT2D eigenvalue weighted by molar-refractivity contribution is 4.97. The third-order valence-corrected chi connectivity index (χ3v) is 3.81. The van der Waals surface area contributed by atoms with E-state index in [2.05, 4.69) is 30.7 Å². The average Bonchev–Trinajstić information content (AvgIpc) is 2.15. The Morgan fingerprint density at radius 2 is 2.00 bits per heavy atom. The Morgan fingerprint density at radius 1 is 1.25 bits per heavy atom. The van der Waals surface area contributed by atoms with Gasteiger partial charge < -0.3 is 14.5 Å². The maximum atomic E-state index is 5.63. The second kappa shape index (κ2) is 5.03. The molecule has 0 N–H and O–H groups in total. The van der Waals surface area contributed by atoms with Crippen LogP contribution in [0.2, 0.25) is 0 Å². The Hall–Kier alpha value is -0.120. The van der Waals surface area contributed by atoms with Crippen LogP contribution in [0.1, 0.15) is 26.7 Å². The zero-order valence-electron chi connectivity index (χ0n) is 11.0. The molecule has 0 bridgehead atoms. The topological polar surface area (TPSA) is 15.7 Å². The van der Waals surface area contributed by atoms with E-state index in [-0.39, 0.29) is 0 Å². The predicted molar refractivity (Wildman–Crippen MR) is 66.7 cm³/mol. The molecule has 3 heteroatoms. The summed E-state index contributed by atoms with van der Waals surface area (Å²) in [4.78, 5) is 5.03. The standard InChI is InChI=1S/C13H26N2O/c1-12(2)16-8-7-15-6-4-5-13(11-15)9-14(3)10-13/h12H,4-11H2,1-3H3.